The Hall–Kier alpha value is -1.11. The Morgan fingerprint density at radius 3 is 2.76 bits per heavy atom. The minimum atomic E-state index is -0.116. The Bertz CT molecular complexity index is 637. The summed E-state index contributed by atoms with van der Waals surface area (Å²) in [6, 6.07) is 6.23. The zero-order chi connectivity index (χ0) is 14.1. The molecule has 1 aromatic carbocycles. The highest BCUT2D eigenvalue weighted by Gasteiger charge is 2.22. The van der Waals surface area contributed by atoms with Gasteiger partial charge in [-0.1, -0.05) is 15.9 Å². The molecule has 114 valence electrons. The third kappa shape index (κ3) is 3.56. The number of aromatic amines is 1. The quantitative estimate of drug-likeness (QED) is 0.757. The molecule has 0 aliphatic heterocycles. The van der Waals surface area contributed by atoms with Crippen molar-refractivity contribution in [2.75, 3.05) is 0 Å². The molecule has 21 heavy (non-hydrogen) atoms. The van der Waals surface area contributed by atoms with E-state index >= 15 is 0 Å². The smallest absolute Gasteiger partial charge is 0.272 e. The van der Waals surface area contributed by atoms with Gasteiger partial charge in [0, 0.05) is 21.9 Å². The van der Waals surface area contributed by atoms with Crippen LogP contribution in [0.2, 0.25) is 0 Å². The van der Waals surface area contributed by atoms with Gasteiger partial charge >= 0.3 is 0 Å². The zero-order valence-corrected chi connectivity index (χ0v) is 13.8. The largest absolute Gasteiger partial charge is 0.348 e. The maximum atomic E-state index is 12.3. The maximum absolute atomic E-state index is 12.3. The molecule has 3 rings (SSSR count). The molecule has 5 nitrogen and oxygen atoms in total. The number of rotatable bonds is 2. The van der Waals surface area contributed by atoms with Crippen molar-refractivity contribution in [3.05, 3.63) is 28.4 Å². The summed E-state index contributed by atoms with van der Waals surface area (Å²) in [6.45, 7) is 0. The molecule has 1 amide bonds. The Labute approximate surface area is 137 Å². The van der Waals surface area contributed by atoms with E-state index in [1.165, 1.54) is 0 Å². The van der Waals surface area contributed by atoms with Gasteiger partial charge in [-0.25, -0.2) is 0 Å². The molecule has 0 unspecified atom stereocenters. The predicted octanol–water partition coefficient (Wildman–Crippen LogP) is 2.75. The van der Waals surface area contributed by atoms with Crippen LogP contribution in [0.5, 0.6) is 0 Å². The second kappa shape index (κ2) is 6.77. The van der Waals surface area contributed by atoms with Crippen LogP contribution in [-0.2, 0) is 0 Å². The van der Waals surface area contributed by atoms with Crippen LogP contribution in [0.1, 0.15) is 36.2 Å². The minimum absolute atomic E-state index is 0. The molecule has 0 radical (unpaired) electrons. The molecule has 4 N–H and O–H groups in total. The van der Waals surface area contributed by atoms with Crippen LogP contribution in [-0.4, -0.2) is 28.2 Å². The maximum Gasteiger partial charge on any atom is 0.272 e. The van der Waals surface area contributed by atoms with Crippen molar-refractivity contribution in [2.24, 2.45) is 5.73 Å². The molecule has 2 aromatic rings. The van der Waals surface area contributed by atoms with Gasteiger partial charge in [0.2, 0.25) is 0 Å². The third-order valence-corrected chi connectivity index (χ3v) is 4.34. The molecule has 1 saturated carbocycles. The first-order valence-corrected chi connectivity index (χ1v) is 7.63. The second-order valence-electron chi connectivity index (χ2n) is 5.35. The first-order chi connectivity index (χ1) is 9.63. The van der Waals surface area contributed by atoms with Crippen molar-refractivity contribution >= 4 is 45.1 Å². The fraction of sp³-hybridized carbons (Fsp3) is 0.429. The van der Waals surface area contributed by atoms with Crippen molar-refractivity contribution in [1.82, 2.24) is 15.5 Å². The summed E-state index contributed by atoms with van der Waals surface area (Å²) in [5, 5.41) is 10.9. The second-order valence-corrected chi connectivity index (χ2v) is 6.26. The molecule has 0 bridgehead atoms. The molecular formula is C14H18BrClN4O. The first-order valence-electron chi connectivity index (χ1n) is 6.83. The summed E-state index contributed by atoms with van der Waals surface area (Å²) in [6.07, 6.45) is 3.83. The van der Waals surface area contributed by atoms with Gasteiger partial charge < -0.3 is 11.1 Å². The molecule has 0 saturated heterocycles. The van der Waals surface area contributed by atoms with Gasteiger partial charge in [0.25, 0.3) is 5.91 Å². The Morgan fingerprint density at radius 1 is 1.33 bits per heavy atom. The van der Waals surface area contributed by atoms with Gasteiger partial charge in [-0.3, -0.25) is 9.89 Å². The molecule has 1 aromatic heterocycles. The molecule has 0 spiro atoms. The van der Waals surface area contributed by atoms with Crippen LogP contribution in [0, 0.1) is 0 Å². The number of carbonyl (C=O) groups is 1. The Kier molecular flexibility index (Phi) is 5.24. The standard InChI is InChI=1S/C14H17BrN4O.ClH/c15-8-1-6-12-11(7-8)13(19-18-12)14(20)17-10-4-2-9(16)3-5-10;/h1,6-7,9-10H,2-5,16H2,(H,17,20)(H,18,19);1H. The number of nitrogens with zero attached hydrogens (tertiary/aromatic N) is 1. The molecule has 1 fully saturated rings. The third-order valence-electron chi connectivity index (χ3n) is 3.85. The number of amides is 1. The van der Waals surface area contributed by atoms with Crippen molar-refractivity contribution < 1.29 is 4.79 Å². The number of benzene rings is 1. The summed E-state index contributed by atoms with van der Waals surface area (Å²) in [5.74, 6) is -0.116. The monoisotopic (exact) mass is 372 g/mol. The van der Waals surface area contributed by atoms with Gasteiger partial charge in [0.15, 0.2) is 5.69 Å². The number of halogens is 2. The SMILES string of the molecule is Cl.NC1CCC(NC(=O)c2n[nH]c3ccc(Br)cc23)CC1. The summed E-state index contributed by atoms with van der Waals surface area (Å²) >= 11 is 3.42. The summed E-state index contributed by atoms with van der Waals surface area (Å²) in [7, 11) is 0. The van der Waals surface area contributed by atoms with E-state index in [-0.39, 0.29) is 30.4 Å². The van der Waals surface area contributed by atoms with Gasteiger partial charge in [-0.05, 0) is 43.9 Å². The van der Waals surface area contributed by atoms with Crippen LogP contribution < -0.4 is 11.1 Å². The number of nitrogens with two attached hydrogens (primary N) is 1. The van der Waals surface area contributed by atoms with Crippen molar-refractivity contribution in [1.29, 1.82) is 0 Å². The highest BCUT2D eigenvalue weighted by Crippen LogP contribution is 2.22. The van der Waals surface area contributed by atoms with E-state index < -0.39 is 0 Å². The number of hydrogen-bond acceptors (Lipinski definition) is 3. The Balaban J connectivity index is 0.00000161. The number of fused-ring (bicyclic) bond motifs is 1. The molecular weight excluding hydrogens is 356 g/mol. The number of aromatic nitrogens is 2. The van der Waals surface area contributed by atoms with Crippen LogP contribution in [0.25, 0.3) is 10.9 Å². The lowest BCUT2D eigenvalue weighted by molar-refractivity contribution is 0.0922. The van der Waals surface area contributed by atoms with E-state index in [1.54, 1.807) is 0 Å². The van der Waals surface area contributed by atoms with E-state index in [4.69, 9.17) is 5.73 Å². The zero-order valence-electron chi connectivity index (χ0n) is 11.4. The van der Waals surface area contributed by atoms with E-state index in [0.717, 1.165) is 41.1 Å². The highest BCUT2D eigenvalue weighted by atomic mass is 79.9. The minimum Gasteiger partial charge on any atom is -0.348 e. The fourth-order valence-electron chi connectivity index (χ4n) is 2.68. The fourth-order valence-corrected chi connectivity index (χ4v) is 3.04. The van der Waals surface area contributed by atoms with Crippen molar-refractivity contribution in [2.45, 2.75) is 37.8 Å². The number of H-pyrrole nitrogens is 1. The van der Waals surface area contributed by atoms with Crippen LogP contribution in [0.15, 0.2) is 22.7 Å². The molecule has 1 aliphatic rings. The van der Waals surface area contributed by atoms with Crippen LogP contribution in [0.4, 0.5) is 0 Å². The van der Waals surface area contributed by atoms with Crippen LogP contribution >= 0.6 is 28.3 Å². The Morgan fingerprint density at radius 2 is 2.05 bits per heavy atom. The van der Waals surface area contributed by atoms with Crippen LogP contribution in [0.3, 0.4) is 0 Å². The van der Waals surface area contributed by atoms with E-state index in [1.807, 2.05) is 18.2 Å². The average molecular weight is 374 g/mol. The van der Waals surface area contributed by atoms with E-state index in [2.05, 4.69) is 31.4 Å². The summed E-state index contributed by atoms with van der Waals surface area (Å²) < 4.78 is 0.934. The molecule has 7 heteroatoms. The van der Waals surface area contributed by atoms with Gasteiger partial charge in [-0.2, -0.15) is 5.10 Å². The molecule has 1 aliphatic carbocycles. The van der Waals surface area contributed by atoms with Crippen molar-refractivity contribution in [3.8, 4) is 0 Å². The van der Waals surface area contributed by atoms with E-state index in [0.29, 0.717) is 5.69 Å². The topological polar surface area (TPSA) is 83.8 Å². The van der Waals surface area contributed by atoms with E-state index in [9.17, 15) is 4.79 Å². The van der Waals surface area contributed by atoms with Gasteiger partial charge in [-0.15, -0.1) is 12.4 Å². The number of nitrogens with one attached hydrogen (secondary N) is 2. The first kappa shape index (κ1) is 16.3. The molecule has 1 heterocycles. The summed E-state index contributed by atoms with van der Waals surface area (Å²) in [5.41, 5.74) is 7.20. The van der Waals surface area contributed by atoms with Crippen molar-refractivity contribution in [3.63, 3.8) is 0 Å². The van der Waals surface area contributed by atoms with Gasteiger partial charge in [0.05, 0.1) is 5.52 Å². The average Bonchev–Trinajstić information content (AvgIpc) is 2.84. The number of hydrogen-bond donors (Lipinski definition) is 3. The number of carbonyl (C=O) groups excluding carboxylic acids is 1. The molecule has 0 atom stereocenters. The predicted molar refractivity (Wildman–Crippen MR) is 88.7 cm³/mol. The normalized spacial score (nSPS) is 21.8. The summed E-state index contributed by atoms with van der Waals surface area (Å²) in [4.78, 5) is 12.3. The van der Waals surface area contributed by atoms with Gasteiger partial charge in [0.1, 0.15) is 0 Å². The lowest BCUT2D eigenvalue weighted by Gasteiger charge is -2.26. The lowest BCUT2D eigenvalue weighted by atomic mass is 9.92. The highest BCUT2D eigenvalue weighted by molar-refractivity contribution is 9.10. The lowest BCUT2D eigenvalue weighted by Crippen LogP contribution is -2.40.